The lowest BCUT2D eigenvalue weighted by Gasteiger charge is -2.16. The fourth-order valence-electron chi connectivity index (χ4n) is 1.31. The average molecular weight is 240 g/mol. The molecule has 94 valence electrons. The number of carbonyl (C=O) groups excluding carboxylic acids is 1. The van der Waals surface area contributed by atoms with Gasteiger partial charge in [-0.05, 0) is 20.3 Å². The summed E-state index contributed by atoms with van der Waals surface area (Å²) in [4.78, 5) is 25.9. The van der Waals surface area contributed by atoms with Crippen molar-refractivity contribution in [1.82, 2.24) is 20.1 Å². The number of hydrogen-bond donors (Lipinski definition) is 2. The molecule has 1 aromatic heterocycles. The van der Waals surface area contributed by atoms with E-state index in [1.54, 1.807) is 13.8 Å². The Morgan fingerprint density at radius 1 is 1.47 bits per heavy atom. The van der Waals surface area contributed by atoms with E-state index in [4.69, 9.17) is 5.11 Å². The van der Waals surface area contributed by atoms with E-state index in [1.165, 1.54) is 17.3 Å². The molecule has 0 bridgehead atoms. The Bertz CT molecular complexity index is 377. The standard InChI is InChI=1S/C10H16N4O3/c1-7(3-4-9(15)16)13-10(17)8(2)14-6-11-5-12-14/h5-8H,3-4H2,1-2H3,(H,13,17)(H,15,16). The SMILES string of the molecule is CC(CCC(=O)O)NC(=O)C(C)n1cncn1. The number of carboxylic acids is 1. The molecule has 1 heterocycles. The molecule has 2 N–H and O–H groups in total. The van der Waals surface area contributed by atoms with Gasteiger partial charge in [0.25, 0.3) is 0 Å². The van der Waals surface area contributed by atoms with Crippen LogP contribution in [0.1, 0.15) is 32.7 Å². The molecule has 0 aliphatic heterocycles. The van der Waals surface area contributed by atoms with Crippen LogP contribution >= 0.6 is 0 Å². The zero-order valence-corrected chi connectivity index (χ0v) is 9.83. The molecule has 1 rings (SSSR count). The van der Waals surface area contributed by atoms with Gasteiger partial charge in [-0.2, -0.15) is 5.10 Å². The molecule has 7 heteroatoms. The van der Waals surface area contributed by atoms with E-state index in [0.717, 1.165) is 0 Å². The number of carbonyl (C=O) groups is 2. The van der Waals surface area contributed by atoms with Crippen molar-refractivity contribution in [3.05, 3.63) is 12.7 Å². The number of hydrogen-bond acceptors (Lipinski definition) is 4. The quantitative estimate of drug-likeness (QED) is 0.740. The van der Waals surface area contributed by atoms with E-state index in [-0.39, 0.29) is 18.4 Å². The fourth-order valence-corrected chi connectivity index (χ4v) is 1.31. The van der Waals surface area contributed by atoms with Gasteiger partial charge in [0.05, 0.1) is 0 Å². The first-order valence-electron chi connectivity index (χ1n) is 5.37. The maximum Gasteiger partial charge on any atom is 0.303 e. The largest absolute Gasteiger partial charge is 0.481 e. The Morgan fingerprint density at radius 3 is 2.71 bits per heavy atom. The minimum absolute atomic E-state index is 0.0408. The lowest BCUT2D eigenvalue weighted by molar-refractivity contribution is -0.137. The van der Waals surface area contributed by atoms with E-state index in [1.807, 2.05) is 0 Å². The molecule has 0 saturated carbocycles. The molecule has 17 heavy (non-hydrogen) atoms. The highest BCUT2D eigenvalue weighted by Crippen LogP contribution is 2.04. The van der Waals surface area contributed by atoms with Crippen molar-refractivity contribution in [2.45, 2.75) is 38.8 Å². The Labute approximate surface area is 98.8 Å². The van der Waals surface area contributed by atoms with Gasteiger partial charge in [0.2, 0.25) is 5.91 Å². The summed E-state index contributed by atoms with van der Waals surface area (Å²) in [5, 5.41) is 15.1. The second-order valence-electron chi connectivity index (χ2n) is 3.89. The van der Waals surface area contributed by atoms with Crippen molar-refractivity contribution in [2.75, 3.05) is 0 Å². The third-order valence-corrected chi connectivity index (χ3v) is 2.39. The zero-order chi connectivity index (χ0) is 12.8. The summed E-state index contributed by atoms with van der Waals surface area (Å²) in [6.07, 6.45) is 3.27. The van der Waals surface area contributed by atoms with Crippen molar-refractivity contribution in [1.29, 1.82) is 0 Å². The predicted molar refractivity (Wildman–Crippen MR) is 59.2 cm³/mol. The van der Waals surface area contributed by atoms with Gasteiger partial charge in [0.1, 0.15) is 18.7 Å². The van der Waals surface area contributed by atoms with Gasteiger partial charge in [-0.15, -0.1) is 0 Å². The van der Waals surface area contributed by atoms with Crippen molar-refractivity contribution in [3.8, 4) is 0 Å². The fraction of sp³-hybridized carbons (Fsp3) is 0.600. The monoisotopic (exact) mass is 240 g/mol. The van der Waals surface area contributed by atoms with Crippen LogP contribution in [0.4, 0.5) is 0 Å². The van der Waals surface area contributed by atoms with E-state index < -0.39 is 12.0 Å². The summed E-state index contributed by atoms with van der Waals surface area (Å²) in [7, 11) is 0. The highest BCUT2D eigenvalue weighted by atomic mass is 16.4. The molecular weight excluding hydrogens is 224 g/mol. The molecule has 2 atom stereocenters. The van der Waals surface area contributed by atoms with Gasteiger partial charge in [0, 0.05) is 12.5 Å². The van der Waals surface area contributed by atoms with Gasteiger partial charge in [0.15, 0.2) is 0 Å². The van der Waals surface area contributed by atoms with Crippen LogP contribution in [-0.2, 0) is 9.59 Å². The van der Waals surface area contributed by atoms with Crippen LogP contribution in [0.25, 0.3) is 0 Å². The number of aliphatic carboxylic acids is 1. The van der Waals surface area contributed by atoms with Crippen molar-refractivity contribution >= 4 is 11.9 Å². The van der Waals surface area contributed by atoms with E-state index in [0.29, 0.717) is 6.42 Å². The van der Waals surface area contributed by atoms with Gasteiger partial charge >= 0.3 is 5.97 Å². The summed E-state index contributed by atoms with van der Waals surface area (Å²) in [5.74, 6) is -1.07. The summed E-state index contributed by atoms with van der Waals surface area (Å²) in [6, 6.07) is -0.630. The van der Waals surface area contributed by atoms with Crippen LogP contribution in [0.3, 0.4) is 0 Å². The van der Waals surface area contributed by atoms with Crippen molar-refractivity contribution in [3.63, 3.8) is 0 Å². The molecule has 0 aliphatic carbocycles. The lowest BCUT2D eigenvalue weighted by atomic mass is 10.1. The molecule has 0 aliphatic rings. The van der Waals surface area contributed by atoms with Gasteiger partial charge < -0.3 is 10.4 Å². The number of carboxylic acid groups (broad SMARTS) is 1. The molecule has 1 amide bonds. The van der Waals surface area contributed by atoms with Gasteiger partial charge in [-0.25, -0.2) is 9.67 Å². The van der Waals surface area contributed by atoms with Crippen LogP contribution < -0.4 is 5.32 Å². The van der Waals surface area contributed by atoms with Crippen LogP contribution in [0.2, 0.25) is 0 Å². The Hall–Kier alpha value is -1.92. The predicted octanol–water partition coefficient (Wildman–Crippen LogP) is 0.209. The maximum absolute atomic E-state index is 11.7. The number of rotatable bonds is 6. The molecular formula is C10H16N4O3. The number of aromatic nitrogens is 3. The third-order valence-electron chi connectivity index (χ3n) is 2.39. The summed E-state index contributed by atoms with van der Waals surface area (Å²) in [5.41, 5.74) is 0. The Morgan fingerprint density at radius 2 is 2.18 bits per heavy atom. The van der Waals surface area contributed by atoms with Crippen LogP contribution in [0.15, 0.2) is 12.7 Å². The summed E-state index contributed by atoms with van der Waals surface area (Å²) < 4.78 is 1.44. The Kier molecular flexibility index (Phi) is 4.62. The smallest absolute Gasteiger partial charge is 0.303 e. The lowest BCUT2D eigenvalue weighted by Crippen LogP contribution is -2.37. The summed E-state index contributed by atoms with van der Waals surface area (Å²) in [6.45, 7) is 3.48. The summed E-state index contributed by atoms with van der Waals surface area (Å²) >= 11 is 0. The molecule has 0 radical (unpaired) electrons. The molecule has 7 nitrogen and oxygen atoms in total. The average Bonchev–Trinajstić information content (AvgIpc) is 2.78. The molecule has 0 saturated heterocycles. The minimum Gasteiger partial charge on any atom is -0.481 e. The van der Waals surface area contributed by atoms with Crippen LogP contribution in [0, 0.1) is 0 Å². The first kappa shape index (κ1) is 13.1. The zero-order valence-electron chi connectivity index (χ0n) is 9.83. The van der Waals surface area contributed by atoms with Crippen molar-refractivity contribution < 1.29 is 14.7 Å². The third kappa shape index (κ3) is 4.21. The van der Waals surface area contributed by atoms with E-state index in [2.05, 4.69) is 15.4 Å². The first-order chi connectivity index (χ1) is 8.00. The van der Waals surface area contributed by atoms with Gasteiger partial charge in [-0.3, -0.25) is 9.59 Å². The molecule has 0 aromatic carbocycles. The highest BCUT2D eigenvalue weighted by molar-refractivity contribution is 5.80. The van der Waals surface area contributed by atoms with Crippen LogP contribution in [-0.4, -0.2) is 37.8 Å². The molecule has 1 aromatic rings. The van der Waals surface area contributed by atoms with E-state index in [9.17, 15) is 9.59 Å². The molecule has 0 spiro atoms. The molecule has 0 fully saturated rings. The maximum atomic E-state index is 11.7. The molecule has 2 unspecified atom stereocenters. The second-order valence-corrected chi connectivity index (χ2v) is 3.89. The topological polar surface area (TPSA) is 97.1 Å². The second kappa shape index (κ2) is 5.97. The van der Waals surface area contributed by atoms with Crippen molar-refractivity contribution in [2.24, 2.45) is 0 Å². The minimum atomic E-state index is -0.865. The van der Waals surface area contributed by atoms with Crippen LogP contribution in [0.5, 0.6) is 0 Å². The Balaban J connectivity index is 2.41. The van der Waals surface area contributed by atoms with Gasteiger partial charge in [-0.1, -0.05) is 0 Å². The normalized spacial score (nSPS) is 14.0. The highest BCUT2D eigenvalue weighted by Gasteiger charge is 2.17. The number of nitrogens with zero attached hydrogens (tertiary/aromatic N) is 3. The van der Waals surface area contributed by atoms with E-state index >= 15 is 0 Å². The first-order valence-corrected chi connectivity index (χ1v) is 5.37. The number of nitrogens with one attached hydrogen (secondary N) is 1. The number of amides is 1.